The highest BCUT2D eigenvalue weighted by molar-refractivity contribution is 5.60. The minimum Gasteiger partial charge on any atom is -0.326 e. The van der Waals surface area contributed by atoms with E-state index < -0.39 is 5.76 Å². The zero-order valence-corrected chi connectivity index (χ0v) is 9.88. The average molecular weight is 233 g/mol. The summed E-state index contributed by atoms with van der Waals surface area (Å²) in [5.41, 5.74) is 7.46. The van der Waals surface area contributed by atoms with Crippen LogP contribution in [0.3, 0.4) is 0 Å². The highest BCUT2D eigenvalue weighted by Gasteiger charge is 2.17. The van der Waals surface area contributed by atoms with E-state index in [9.17, 15) is 4.79 Å². The minimum atomic E-state index is -0.443. The lowest BCUT2D eigenvalue weighted by Crippen LogP contribution is -2.18. The predicted octanol–water partition coefficient (Wildman–Crippen LogP) is 1.54. The van der Waals surface area contributed by atoms with Gasteiger partial charge in [-0.15, -0.1) is 0 Å². The maximum Gasteiger partial charge on any atom is 0.442 e. The fourth-order valence-corrected chi connectivity index (χ4v) is 1.81. The van der Waals surface area contributed by atoms with E-state index in [1.54, 1.807) is 0 Å². The van der Waals surface area contributed by atoms with E-state index in [1.165, 1.54) is 4.57 Å². The van der Waals surface area contributed by atoms with Gasteiger partial charge in [-0.1, -0.05) is 29.4 Å². The first-order valence-corrected chi connectivity index (χ1v) is 5.51. The van der Waals surface area contributed by atoms with Crippen LogP contribution >= 0.6 is 0 Å². The molecule has 0 saturated heterocycles. The summed E-state index contributed by atoms with van der Waals surface area (Å²) < 4.78 is 6.25. The first-order valence-electron chi connectivity index (χ1n) is 5.51. The van der Waals surface area contributed by atoms with Gasteiger partial charge in [-0.3, -0.25) is 9.09 Å². The van der Waals surface area contributed by atoms with Gasteiger partial charge in [-0.2, -0.15) is 0 Å². The fraction of sp³-hybridized carbons (Fsp3) is 0.333. The SMILES string of the molecule is CC(C)n1c(-c2ccccc2CN)noc1=O. The van der Waals surface area contributed by atoms with Gasteiger partial charge >= 0.3 is 5.76 Å². The smallest absolute Gasteiger partial charge is 0.326 e. The summed E-state index contributed by atoms with van der Waals surface area (Å²) >= 11 is 0. The largest absolute Gasteiger partial charge is 0.442 e. The Morgan fingerprint density at radius 1 is 1.41 bits per heavy atom. The van der Waals surface area contributed by atoms with Crippen LogP contribution in [0.25, 0.3) is 11.4 Å². The van der Waals surface area contributed by atoms with Crippen molar-refractivity contribution in [3.63, 3.8) is 0 Å². The molecular formula is C12H15N3O2. The molecule has 0 saturated carbocycles. The molecule has 5 nitrogen and oxygen atoms in total. The molecule has 1 aromatic heterocycles. The van der Waals surface area contributed by atoms with Crippen LogP contribution in [0.5, 0.6) is 0 Å². The van der Waals surface area contributed by atoms with Crippen LogP contribution in [0.2, 0.25) is 0 Å². The first-order chi connectivity index (χ1) is 8.15. The topological polar surface area (TPSA) is 74.1 Å². The molecule has 0 unspecified atom stereocenters. The molecule has 0 aliphatic rings. The summed E-state index contributed by atoms with van der Waals surface area (Å²) in [6.07, 6.45) is 0. The number of hydrogen-bond donors (Lipinski definition) is 1. The molecule has 0 bridgehead atoms. The Hall–Kier alpha value is -1.88. The third kappa shape index (κ3) is 2.01. The van der Waals surface area contributed by atoms with Gasteiger partial charge in [0.25, 0.3) is 0 Å². The second-order valence-corrected chi connectivity index (χ2v) is 4.10. The zero-order chi connectivity index (χ0) is 12.4. The molecule has 0 fully saturated rings. The van der Waals surface area contributed by atoms with Crippen molar-refractivity contribution >= 4 is 0 Å². The average Bonchev–Trinajstić information content (AvgIpc) is 2.71. The van der Waals surface area contributed by atoms with Gasteiger partial charge in [0.15, 0.2) is 5.82 Å². The fourth-order valence-electron chi connectivity index (χ4n) is 1.81. The molecular weight excluding hydrogens is 218 g/mol. The normalized spacial score (nSPS) is 11.1. The Morgan fingerprint density at radius 3 is 2.76 bits per heavy atom. The maximum absolute atomic E-state index is 11.6. The summed E-state index contributed by atoms with van der Waals surface area (Å²) in [5.74, 6) is 0.0906. The van der Waals surface area contributed by atoms with Crippen LogP contribution in [-0.2, 0) is 6.54 Å². The quantitative estimate of drug-likeness (QED) is 0.872. The van der Waals surface area contributed by atoms with Crippen molar-refractivity contribution in [3.8, 4) is 11.4 Å². The number of hydrogen-bond acceptors (Lipinski definition) is 4. The highest BCUT2D eigenvalue weighted by atomic mass is 16.5. The van der Waals surface area contributed by atoms with Crippen LogP contribution < -0.4 is 11.5 Å². The molecule has 5 heteroatoms. The molecule has 0 aliphatic carbocycles. The van der Waals surface area contributed by atoms with Crippen molar-refractivity contribution < 1.29 is 4.52 Å². The summed E-state index contributed by atoms with van der Waals surface area (Å²) in [7, 11) is 0. The van der Waals surface area contributed by atoms with E-state index in [0.29, 0.717) is 12.4 Å². The number of benzene rings is 1. The van der Waals surface area contributed by atoms with Crippen molar-refractivity contribution in [1.82, 2.24) is 9.72 Å². The molecule has 0 aliphatic heterocycles. The van der Waals surface area contributed by atoms with Gasteiger partial charge < -0.3 is 5.73 Å². The van der Waals surface area contributed by atoms with E-state index in [1.807, 2.05) is 38.1 Å². The predicted molar refractivity (Wildman–Crippen MR) is 64.5 cm³/mol. The van der Waals surface area contributed by atoms with Crippen molar-refractivity contribution in [1.29, 1.82) is 0 Å². The van der Waals surface area contributed by atoms with Crippen molar-refractivity contribution in [3.05, 3.63) is 40.4 Å². The third-order valence-electron chi connectivity index (χ3n) is 2.63. The molecule has 0 radical (unpaired) electrons. The first kappa shape index (κ1) is 11.6. The Balaban J connectivity index is 2.65. The second-order valence-electron chi connectivity index (χ2n) is 4.10. The zero-order valence-electron chi connectivity index (χ0n) is 9.88. The number of rotatable bonds is 3. The standard InChI is InChI=1S/C12H15N3O2/c1-8(2)15-11(14-17-12(15)16)10-6-4-3-5-9(10)7-13/h3-6,8H,7,13H2,1-2H3. The minimum absolute atomic E-state index is 0.00502. The Morgan fingerprint density at radius 2 is 2.12 bits per heavy atom. The molecule has 0 amide bonds. The van der Waals surface area contributed by atoms with E-state index in [-0.39, 0.29) is 6.04 Å². The Labute approximate surface area is 98.8 Å². The molecule has 0 atom stereocenters. The van der Waals surface area contributed by atoms with E-state index in [0.717, 1.165) is 11.1 Å². The Bertz CT molecular complexity index is 569. The monoisotopic (exact) mass is 233 g/mol. The van der Waals surface area contributed by atoms with Crippen LogP contribution in [-0.4, -0.2) is 9.72 Å². The van der Waals surface area contributed by atoms with Crippen LogP contribution in [0.1, 0.15) is 25.5 Å². The van der Waals surface area contributed by atoms with Gasteiger partial charge in [0.1, 0.15) is 0 Å². The summed E-state index contributed by atoms with van der Waals surface area (Å²) in [5, 5.41) is 3.84. The summed E-state index contributed by atoms with van der Waals surface area (Å²) in [6, 6.07) is 7.59. The number of nitrogens with two attached hydrogens (primary N) is 1. The van der Waals surface area contributed by atoms with Crippen LogP contribution in [0, 0.1) is 0 Å². The maximum atomic E-state index is 11.6. The van der Waals surface area contributed by atoms with E-state index in [2.05, 4.69) is 5.16 Å². The molecule has 1 aromatic carbocycles. The van der Waals surface area contributed by atoms with Gasteiger partial charge in [0, 0.05) is 18.2 Å². The van der Waals surface area contributed by atoms with Crippen molar-refractivity contribution in [2.75, 3.05) is 0 Å². The van der Waals surface area contributed by atoms with Gasteiger partial charge in [0.05, 0.1) is 0 Å². The number of aromatic nitrogens is 2. The van der Waals surface area contributed by atoms with E-state index >= 15 is 0 Å². The van der Waals surface area contributed by atoms with E-state index in [4.69, 9.17) is 10.3 Å². The summed E-state index contributed by atoms with van der Waals surface area (Å²) in [4.78, 5) is 11.6. The van der Waals surface area contributed by atoms with Gasteiger partial charge in [0.2, 0.25) is 0 Å². The molecule has 17 heavy (non-hydrogen) atoms. The third-order valence-corrected chi connectivity index (χ3v) is 2.63. The van der Waals surface area contributed by atoms with Crippen molar-refractivity contribution in [2.45, 2.75) is 26.4 Å². The lowest BCUT2D eigenvalue weighted by Gasteiger charge is -2.10. The summed E-state index contributed by atoms with van der Waals surface area (Å²) in [6.45, 7) is 4.22. The van der Waals surface area contributed by atoms with Crippen LogP contribution in [0.15, 0.2) is 33.6 Å². The van der Waals surface area contributed by atoms with Gasteiger partial charge in [-0.25, -0.2) is 4.79 Å². The van der Waals surface area contributed by atoms with Crippen LogP contribution in [0.4, 0.5) is 0 Å². The number of nitrogens with zero attached hydrogens (tertiary/aromatic N) is 2. The highest BCUT2D eigenvalue weighted by Crippen LogP contribution is 2.22. The van der Waals surface area contributed by atoms with Gasteiger partial charge in [-0.05, 0) is 19.4 Å². The molecule has 2 N–H and O–H groups in total. The lowest BCUT2D eigenvalue weighted by atomic mass is 10.1. The Kier molecular flexibility index (Phi) is 3.10. The molecule has 1 heterocycles. The second kappa shape index (κ2) is 4.55. The molecule has 2 aromatic rings. The molecule has 90 valence electrons. The lowest BCUT2D eigenvalue weighted by molar-refractivity contribution is 0.370. The van der Waals surface area contributed by atoms with Crippen molar-refractivity contribution in [2.24, 2.45) is 5.73 Å². The molecule has 2 rings (SSSR count). The molecule has 0 spiro atoms.